The van der Waals surface area contributed by atoms with Crippen molar-refractivity contribution in [3.05, 3.63) is 45.5 Å². The van der Waals surface area contributed by atoms with Crippen LogP contribution in [0.2, 0.25) is 0 Å². The Morgan fingerprint density at radius 2 is 1.78 bits per heavy atom. The van der Waals surface area contributed by atoms with Gasteiger partial charge in [0.25, 0.3) is 6.04 Å². The Labute approximate surface area is 99.6 Å². The third-order valence-corrected chi connectivity index (χ3v) is 2.40. The molecule has 2 atom stereocenters. The van der Waals surface area contributed by atoms with E-state index in [1.807, 2.05) is 0 Å². The molecule has 100 valence electrons. The fourth-order valence-electron chi connectivity index (χ4n) is 1.37. The van der Waals surface area contributed by atoms with E-state index in [0.717, 1.165) is 12.1 Å². The van der Waals surface area contributed by atoms with Crippen LogP contribution in [0.15, 0.2) is 24.3 Å². The number of rotatable bonds is 4. The molecule has 1 rings (SSSR count). The first-order valence-corrected chi connectivity index (χ1v) is 4.87. The topological polar surface area (TPSA) is 83.6 Å². The van der Waals surface area contributed by atoms with Gasteiger partial charge in [-0.05, 0) is 17.7 Å². The van der Waals surface area contributed by atoms with Crippen molar-refractivity contribution >= 4 is 0 Å². The maximum Gasteiger partial charge on any atom is 0.416 e. The zero-order chi connectivity index (χ0) is 13.9. The molecule has 18 heavy (non-hydrogen) atoms. The van der Waals surface area contributed by atoms with Crippen LogP contribution in [0, 0.1) is 10.1 Å². The fraction of sp³-hybridized carbons (Fsp3) is 0.400. The molecule has 8 heteroatoms. The number of hydrogen-bond acceptors (Lipinski definition) is 4. The lowest BCUT2D eigenvalue weighted by molar-refractivity contribution is -0.539. The van der Waals surface area contributed by atoms with Gasteiger partial charge in [-0.15, -0.1) is 0 Å². The number of nitrogens with zero attached hydrogens (tertiary/aromatic N) is 1. The van der Waals surface area contributed by atoms with Gasteiger partial charge in [-0.2, -0.15) is 13.2 Å². The summed E-state index contributed by atoms with van der Waals surface area (Å²) >= 11 is 0. The van der Waals surface area contributed by atoms with Gasteiger partial charge in [-0.3, -0.25) is 10.1 Å². The standard InChI is InChI=1S/C10H10F3NO4/c11-10(12,13)7-3-1-6(2-4-7)9(16)8(5-15)14(17)18/h1-4,8-9,15-16H,5H2. The zero-order valence-corrected chi connectivity index (χ0v) is 8.96. The summed E-state index contributed by atoms with van der Waals surface area (Å²) in [5.74, 6) is 0. The zero-order valence-electron chi connectivity index (χ0n) is 8.96. The van der Waals surface area contributed by atoms with E-state index in [-0.39, 0.29) is 5.56 Å². The molecule has 0 aliphatic carbocycles. The highest BCUT2D eigenvalue weighted by Gasteiger charge is 2.33. The molecule has 0 spiro atoms. The normalized spacial score (nSPS) is 15.2. The second-order valence-electron chi connectivity index (χ2n) is 3.60. The molecule has 0 aromatic heterocycles. The van der Waals surface area contributed by atoms with Crippen molar-refractivity contribution in [2.45, 2.75) is 18.3 Å². The number of hydrogen-bond donors (Lipinski definition) is 2. The number of alkyl halides is 3. The minimum Gasteiger partial charge on any atom is -0.389 e. The molecule has 0 saturated carbocycles. The van der Waals surface area contributed by atoms with Crippen molar-refractivity contribution in [1.82, 2.24) is 0 Å². The Balaban J connectivity index is 2.94. The molecule has 5 nitrogen and oxygen atoms in total. The summed E-state index contributed by atoms with van der Waals surface area (Å²) in [6.07, 6.45) is -6.17. The Bertz CT molecular complexity index is 418. The van der Waals surface area contributed by atoms with E-state index in [0.29, 0.717) is 12.1 Å². The van der Waals surface area contributed by atoms with Crippen molar-refractivity contribution in [3.8, 4) is 0 Å². The minimum atomic E-state index is -4.51. The molecule has 0 heterocycles. The van der Waals surface area contributed by atoms with E-state index in [1.54, 1.807) is 0 Å². The summed E-state index contributed by atoms with van der Waals surface area (Å²) in [6.45, 7) is -0.908. The molecule has 0 radical (unpaired) electrons. The fourth-order valence-corrected chi connectivity index (χ4v) is 1.37. The maximum absolute atomic E-state index is 12.3. The second kappa shape index (κ2) is 5.32. The molecule has 1 aromatic carbocycles. The molecular weight excluding hydrogens is 255 g/mol. The van der Waals surface area contributed by atoms with Gasteiger partial charge < -0.3 is 10.2 Å². The van der Waals surface area contributed by atoms with Crippen LogP contribution < -0.4 is 0 Å². The Morgan fingerprint density at radius 3 is 2.11 bits per heavy atom. The van der Waals surface area contributed by atoms with Gasteiger partial charge in [-0.1, -0.05) is 12.1 Å². The summed E-state index contributed by atoms with van der Waals surface area (Å²) in [5, 5.41) is 28.8. The molecule has 0 fully saturated rings. The number of benzene rings is 1. The van der Waals surface area contributed by atoms with Crippen LogP contribution in [-0.2, 0) is 6.18 Å². The second-order valence-corrected chi connectivity index (χ2v) is 3.60. The first-order valence-electron chi connectivity index (χ1n) is 4.87. The molecule has 0 bridgehead atoms. The predicted molar refractivity (Wildman–Crippen MR) is 54.3 cm³/mol. The number of nitro groups is 1. The average molecular weight is 265 g/mol. The van der Waals surface area contributed by atoms with Crippen LogP contribution in [-0.4, -0.2) is 27.8 Å². The average Bonchev–Trinajstić information content (AvgIpc) is 2.28. The molecule has 2 unspecified atom stereocenters. The van der Waals surface area contributed by atoms with Gasteiger partial charge in [0.15, 0.2) is 0 Å². The number of halogens is 3. The van der Waals surface area contributed by atoms with Gasteiger partial charge in [-0.25, -0.2) is 0 Å². The molecular formula is C10H10F3NO4. The lowest BCUT2D eigenvalue weighted by Gasteiger charge is -2.15. The van der Waals surface area contributed by atoms with E-state index in [9.17, 15) is 28.4 Å². The van der Waals surface area contributed by atoms with Crippen LogP contribution in [0.5, 0.6) is 0 Å². The van der Waals surface area contributed by atoms with E-state index in [4.69, 9.17) is 5.11 Å². The molecule has 1 aromatic rings. The van der Waals surface area contributed by atoms with E-state index < -0.39 is 35.4 Å². The lowest BCUT2D eigenvalue weighted by atomic mass is 10.0. The third-order valence-electron chi connectivity index (χ3n) is 2.40. The first kappa shape index (κ1) is 14.4. The van der Waals surface area contributed by atoms with Crippen molar-refractivity contribution in [2.75, 3.05) is 6.61 Å². The van der Waals surface area contributed by atoms with Crippen LogP contribution in [0.25, 0.3) is 0 Å². The summed E-state index contributed by atoms with van der Waals surface area (Å²) in [7, 11) is 0. The van der Waals surface area contributed by atoms with Crippen LogP contribution in [0.3, 0.4) is 0 Å². The van der Waals surface area contributed by atoms with E-state index in [1.165, 1.54) is 0 Å². The Morgan fingerprint density at radius 1 is 1.28 bits per heavy atom. The third kappa shape index (κ3) is 3.17. The monoisotopic (exact) mass is 265 g/mol. The highest BCUT2D eigenvalue weighted by Crippen LogP contribution is 2.30. The predicted octanol–water partition coefficient (Wildman–Crippen LogP) is 1.38. The Kier molecular flexibility index (Phi) is 4.25. The quantitative estimate of drug-likeness (QED) is 0.636. The van der Waals surface area contributed by atoms with Crippen molar-refractivity contribution in [3.63, 3.8) is 0 Å². The molecule has 0 saturated heterocycles. The summed E-state index contributed by atoms with van der Waals surface area (Å²) < 4.78 is 36.8. The summed E-state index contributed by atoms with van der Waals surface area (Å²) in [4.78, 5) is 9.59. The lowest BCUT2D eigenvalue weighted by Crippen LogP contribution is -2.31. The molecule has 0 amide bonds. The summed E-state index contributed by atoms with van der Waals surface area (Å²) in [5.41, 5.74) is -0.973. The van der Waals surface area contributed by atoms with Gasteiger partial charge in [0, 0.05) is 4.92 Å². The highest BCUT2D eigenvalue weighted by atomic mass is 19.4. The maximum atomic E-state index is 12.3. The van der Waals surface area contributed by atoms with Gasteiger partial charge in [0.05, 0.1) is 5.56 Å². The van der Waals surface area contributed by atoms with Crippen LogP contribution in [0.4, 0.5) is 13.2 Å². The van der Waals surface area contributed by atoms with Crippen molar-refractivity contribution in [2.24, 2.45) is 0 Å². The molecule has 0 aliphatic heterocycles. The van der Waals surface area contributed by atoms with Gasteiger partial charge in [0.1, 0.15) is 12.7 Å². The van der Waals surface area contributed by atoms with Gasteiger partial charge >= 0.3 is 6.18 Å². The number of aliphatic hydroxyl groups is 2. The van der Waals surface area contributed by atoms with E-state index in [2.05, 4.69) is 0 Å². The smallest absolute Gasteiger partial charge is 0.389 e. The van der Waals surface area contributed by atoms with E-state index >= 15 is 0 Å². The van der Waals surface area contributed by atoms with Crippen LogP contribution in [0.1, 0.15) is 17.2 Å². The van der Waals surface area contributed by atoms with Gasteiger partial charge in [0.2, 0.25) is 0 Å². The first-order chi connectivity index (χ1) is 8.27. The number of aliphatic hydroxyl groups excluding tert-OH is 2. The van der Waals surface area contributed by atoms with Crippen LogP contribution >= 0.6 is 0 Å². The molecule has 0 aliphatic rings. The minimum absolute atomic E-state index is 0.0567. The largest absolute Gasteiger partial charge is 0.416 e. The Hall–Kier alpha value is -1.67. The summed E-state index contributed by atoms with van der Waals surface area (Å²) in [6, 6.07) is 1.65. The highest BCUT2D eigenvalue weighted by molar-refractivity contribution is 5.26. The molecule has 2 N–H and O–H groups in total. The SMILES string of the molecule is O=[N+]([O-])C(CO)C(O)c1ccc(C(F)(F)F)cc1. The van der Waals surface area contributed by atoms with Crippen molar-refractivity contribution in [1.29, 1.82) is 0 Å². The van der Waals surface area contributed by atoms with Crippen molar-refractivity contribution < 1.29 is 28.3 Å².